The number of para-hydroxylation sites is 2. The maximum absolute atomic E-state index is 12.3. The van der Waals surface area contributed by atoms with E-state index in [0.717, 1.165) is 6.08 Å². The van der Waals surface area contributed by atoms with E-state index < -0.39 is 30.0 Å². The normalized spacial score (nSPS) is 10.7. The summed E-state index contributed by atoms with van der Waals surface area (Å²) in [6, 6.07) is 11.1. The molecule has 2 aromatic rings. The van der Waals surface area contributed by atoms with Gasteiger partial charge in [0.2, 0.25) is 0 Å². The van der Waals surface area contributed by atoms with E-state index in [4.69, 9.17) is 4.74 Å². The summed E-state index contributed by atoms with van der Waals surface area (Å²) in [4.78, 5) is 33.6. The number of rotatable bonds is 8. The molecule has 0 aliphatic heterocycles. The van der Waals surface area contributed by atoms with Crippen molar-refractivity contribution < 1.29 is 32.8 Å². The van der Waals surface area contributed by atoms with Gasteiger partial charge in [-0.05, 0) is 23.8 Å². The molecule has 0 atom stereocenters. The van der Waals surface area contributed by atoms with Gasteiger partial charge in [0.05, 0.1) is 10.6 Å². The summed E-state index contributed by atoms with van der Waals surface area (Å²) in [6.45, 7) is -3.73. The number of ether oxygens (including phenoxy) is 2. The molecule has 0 fully saturated rings. The van der Waals surface area contributed by atoms with Crippen LogP contribution in [0.5, 0.6) is 5.75 Å². The lowest BCUT2D eigenvalue weighted by Crippen LogP contribution is -2.20. The van der Waals surface area contributed by atoms with E-state index in [0.29, 0.717) is 5.56 Å². The van der Waals surface area contributed by atoms with Crippen molar-refractivity contribution >= 4 is 29.3 Å². The molecule has 1 N–H and O–H groups in total. The van der Waals surface area contributed by atoms with Gasteiger partial charge >= 0.3 is 12.6 Å². The van der Waals surface area contributed by atoms with Crippen molar-refractivity contribution in [3.05, 3.63) is 70.3 Å². The van der Waals surface area contributed by atoms with Gasteiger partial charge in [-0.1, -0.05) is 24.3 Å². The smallest absolute Gasteiger partial charge is 0.387 e. The van der Waals surface area contributed by atoms with E-state index in [1.54, 1.807) is 6.07 Å². The Bertz CT molecular complexity index is 901. The molecule has 8 nitrogen and oxygen atoms in total. The largest absolute Gasteiger partial charge is 0.452 e. The zero-order valence-electron chi connectivity index (χ0n) is 14.2. The number of nitro groups is 1. The molecule has 146 valence electrons. The molecule has 2 aromatic carbocycles. The lowest BCUT2D eigenvalue weighted by atomic mass is 10.2. The van der Waals surface area contributed by atoms with Crippen molar-refractivity contribution in [3.8, 4) is 5.75 Å². The number of non-ortho nitro benzene ring substituents is 1. The van der Waals surface area contributed by atoms with E-state index in [2.05, 4.69) is 10.1 Å². The monoisotopic (exact) mass is 392 g/mol. The van der Waals surface area contributed by atoms with Crippen molar-refractivity contribution in [2.75, 3.05) is 11.9 Å². The molecule has 0 aromatic heterocycles. The number of benzene rings is 2. The number of alkyl halides is 2. The molecule has 28 heavy (non-hydrogen) atoms. The summed E-state index contributed by atoms with van der Waals surface area (Å²) in [7, 11) is 0. The predicted octanol–water partition coefficient (Wildman–Crippen LogP) is 3.39. The lowest BCUT2D eigenvalue weighted by molar-refractivity contribution is -0.384. The number of carbonyl (C=O) groups is 2. The molecule has 0 aliphatic carbocycles. The summed E-state index contributed by atoms with van der Waals surface area (Å²) in [6.07, 6.45) is 2.29. The Morgan fingerprint density at radius 1 is 1.18 bits per heavy atom. The molecule has 0 unspecified atom stereocenters. The second kappa shape index (κ2) is 9.76. The van der Waals surface area contributed by atoms with Gasteiger partial charge in [0.25, 0.3) is 11.6 Å². The molecular formula is C18H14F2N2O6. The van der Waals surface area contributed by atoms with Gasteiger partial charge in [0.15, 0.2) is 6.61 Å². The lowest BCUT2D eigenvalue weighted by Gasteiger charge is -2.11. The maximum Gasteiger partial charge on any atom is 0.387 e. The standard InChI is InChI=1S/C18H14F2N2O6/c19-18(20)28-15-7-2-1-6-14(15)21-16(23)11-27-17(24)9-8-12-4-3-5-13(10-12)22(25)26/h1-10,18H,11H2,(H,21,23). The van der Waals surface area contributed by atoms with E-state index in [-0.39, 0.29) is 17.1 Å². The number of anilines is 1. The molecule has 10 heteroatoms. The van der Waals surface area contributed by atoms with Crippen LogP contribution in [0.25, 0.3) is 6.08 Å². The Kier molecular flexibility index (Phi) is 7.14. The average Bonchev–Trinajstić information content (AvgIpc) is 2.66. The van der Waals surface area contributed by atoms with Crippen molar-refractivity contribution in [1.29, 1.82) is 0 Å². The number of nitrogens with one attached hydrogen (secondary N) is 1. The fourth-order valence-electron chi connectivity index (χ4n) is 2.05. The summed E-state index contributed by atoms with van der Waals surface area (Å²) in [5, 5.41) is 13.0. The molecule has 0 bridgehead atoms. The summed E-state index contributed by atoms with van der Waals surface area (Å²) >= 11 is 0. The minimum atomic E-state index is -3.06. The van der Waals surface area contributed by atoms with Gasteiger partial charge < -0.3 is 14.8 Å². The van der Waals surface area contributed by atoms with Gasteiger partial charge in [-0.25, -0.2) is 4.79 Å². The zero-order valence-corrected chi connectivity index (χ0v) is 14.2. The van der Waals surface area contributed by atoms with Crippen molar-refractivity contribution in [3.63, 3.8) is 0 Å². The molecule has 0 saturated heterocycles. The number of hydrogen-bond donors (Lipinski definition) is 1. The Hall–Kier alpha value is -3.82. The second-order valence-corrected chi connectivity index (χ2v) is 5.22. The highest BCUT2D eigenvalue weighted by Gasteiger charge is 2.12. The SMILES string of the molecule is O=C(COC(=O)C=Cc1cccc([N+](=O)[O-])c1)Nc1ccccc1OC(F)F. The van der Waals surface area contributed by atoms with Gasteiger partial charge in [-0.2, -0.15) is 8.78 Å². The minimum Gasteiger partial charge on any atom is -0.452 e. The predicted molar refractivity (Wildman–Crippen MR) is 94.8 cm³/mol. The quantitative estimate of drug-likeness (QED) is 0.319. The zero-order chi connectivity index (χ0) is 20.5. The highest BCUT2D eigenvalue weighted by molar-refractivity contribution is 5.95. The molecule has 1 amide bonds. The van der Waals surface area contributed by atoms with Gasteiger partial charge in [0.1, 0.15) is 5.75 Å². The molecule has 0 radical (unpaired) electrons. The van der Waals surface area contributed by atoms with Gasteiger partial charge in [0, 0.05) is 18.2 Å². The number of esters is 1. The molecular weight excluding hydrogens is 378 g/mol. The molecule has 0 heterocycles. The first-order valence-corrected chi connectivity index (χ1v) is 7.78. The van der Waals surface area contributed by atoms with Crippen LogP contribution in [-0.2, 0) is 14.3 Å². The minimum absolute atomic E-state index is 0.00372. The number of nitrogens with zero attached hydrogens (tertiary/aromatic N) is 1. The van der Waals surface area contributed by atoms with Crippen LogP contribution in [0.4, 0.5) is 20.2 Å². The van der Waals surface area contributed by atoms with E-state index in [1.807, 2.05) is 0 Å². The number of halogens is 2. The van der Waals surface area contributed by atoms with Crippen LogP contribution >= 0.6 is 0 Å². The van der Waals surface area contributed by atoms with E-state index >= 15 is 0 Å². The van der Waals surface area contributed by atoms with Gasteiger partial charge in [-0.15, -0.1) is 0 Å². The Morgan fingerprint density at radius 2 is 1.93 bits per heavy atom. The molecule has 0 spiro atoms. The second-order valence-electron chi connectivity index (χ2n) is 5.22. The Morgan fingerprint density at radius 3 is 2.64 bits per heavy atom. The van der Waals surface area contributed by atoms with E-state index in [9.17, 15) is 28.5 Å². The van der Waals surface area contributed by atoms with Crippen LogP contribution in [0.1, 0.15) is 5.56 Å². The number of nitro benzene ring substituents is 1. The van der Waals surface area contributed by atoms with E-state index in [1.165, 1.54) is 48.5 Å². The Labute approximate surface area is 157 Å². The molecule has 2 rings (SSSR count). The first kappa shape index (κ1) is 20.5. The third-order valence-electron chi connectivity index (χ3n) is 3.22. The van der Waals surface area contributed by atoms with Crippen LogP contribution in [0.2, 0.25) is 0 Å². The van der Waals surface area contributed by atoms with Crippen molar-refractivity contribution in [1.82, 2.24) is 0 Å². The van der Waals surface area contributed by atoms with Crippen LogP contribution in [0.3, 0.4) is 0 Å². The van der Waals surface area contributed by atoms with Crippen LogP contribution in [-0.4, -0.2) is 30.0 Å². The summed E-state index contributed by atoms with van der Waals surface area (Å²) < 4.78 is 33.7. The molecule has 0 saturated carbocycles. The van der Waals surface area contributed by atoms with Gasteiger partial charge in [-0.3, -0.25) is 14.9 Å². The molecule has 0 aliphatic rings. The fourth-order valence-corrected chi connectivity index (χ4v) is 2.05. The van der Waals surface area contributed by atoms with Crippen LogP contribution in [0, 0.1) is 10.1 Å². The summed E-state index contributed by atoms with van der Waals surface area (Å²) in [5.41, 5.74) is 0.254. The average molecular weight is 392 g/mol. The fraction of sp³-hybridized carbons (Fsp3) is 0.111. The highest BCUT2D eigenvalue weighted by atomic mass is 19.3. The van der Waals surface area contributed by atoms with Crippen molar-refractivity contribution in [2.45, 2.75) is 6.61 Å². The van der Waals surface area contributed by atoms with Crippen molar-refractivity contribution in [2.24, 2.45) is 0 Å². The topological polar surface area (TPSA) is 108 Å². The van der Waals surface area contributed by atoms with Crippen LogP contribution < -0.4 is 10.1 Å². The first-order valence-electron chi connectivity index (χ1n) is 7.78. The number of hydrogen-bond acceptors (Lipinski definition) is 6. The first-order chi connectivity index (χ1) is 13.3. The Balaban J connectivity index is 1.88. The third-order valence-corrected chi connectivity index (χ3v) is 3.22. The third kappa shape index (κ3) is 6.48. The maximum atomic E-state index is 12.3. The summed E-state index contributed by atoms with van der Waals surface area (Å²) in [5.74, 6) is -1.86. The highest BCUT2D eigenvalue weighted by Crippen LogP contribution is 2.25. The number of carbonyl (C=O) groups excluding carboxylic acids is 2. The van der Waals surface area contributed by atoms with Crippen LogP contribution in [0.15, 0.2) is 54.6 Å². The number of amides is 1.